The first-order valence-electron chi connectivity index (χ1n) is 7.11. The van der Waals surface area contributed by atoms with Gasteiger partial charge < -0.3 is 5.73 Å². The van der Waals surface area contributed by atoms with Crippen molar-refractivity contribution >= 4 is 11.6 Å². The lowest BCUT2D eigenvalue weighted by Gasteiger charge is -2.37. The van der Waals surface area contributed by atoms with E-state index in [-0.39, 0.29) is 11.3 Å². The molecule has 2 atom stereocenters. The predicted octanol–water partition coefficient (Wildman–Crippen LogP) is 3.24. The van der Waals surface area contributed by atoms with E-state index in [0.29, 0.717) is 17.5 Å². The minimum Gasteiger partial charge on any atom is -0.384 e. The molecule has 2 rings (SSSR count). The van der Waals surface area contributed by atoms with E-state index in [1.54, 1.807) is 6.20 Å². The normalized spacial score (nSPS) is 24.5. The average Bonchev–Trinajstić information content (AvgIpc) is 2.27. The fourth-order valence-corrected chi connectivity index (χ4v) is 3.28. The molecule has 1 aliphatic carbocycles. The summed E-state index contributed by atoms with van der Waals surface area (Å²) in [6, 6.07) is 3.91. The standard InChI is InChI=1S/C16H24N2O/c1-11-4-5-13(14(19)8-11)16(2,3)10-12-6-7-18-15(17)9-12/h6-7,9,11,13H,4-5,8,10H2,1-3H3,(H2,17,18). The van der Waals surface area contributed by atoms with Crippen molar-refractivity contribution in [1.29, 1.82) is 0 Å². The van der Waals surface area contributed by atoms with E-state index in [9.17, 15) is 4.79 Å². The summed E-state index contributed by atoms with van der Waals surface area (Å²) in [5.74, 6) is 1.72. The van der Waals surface area contributed by atoms with Crippen LogP contribution in [0.25, 0.3) is 0 Å². The van der Waals surface area contributed by atoms with Crippen LogP contribution in [-0.4, -0.2) is 10.8 Å². The van der Waals surface area contributed by atoms with Crippen LogP contribution < -0.4 is 5.73 Å². The Bertz CT molecular complexity index is 468. The number of Topliss-reactive ketones (excluding diaryl/α,β-unsaturated/α-hetero) is 1. The second-order valence-corrected chi connectivity index (χ2v) is 6.66. The number of carbonyl (C=O) groups excluding carboxylic acids is 1. The van der Waals surface area contributed by atoms with E-state index in [1.807, 2.05) is 12.1 Å². The zero-order valence-electron chi connectivity index (χ0n) is 12.1. The number of hydrogen-bond acceptors (Lipinski definition) is 3. The summed E-state index contributed by atoms with van der Waals surface area (Å²) < 4.78 is 0. The number of ketones is 1. The Hall–Kier alpha value is -1.38. The third-order valence-corrected chi connectivity index (χ3v) is 4.34. The zero-order chi connectivity index (χ0) is 14.0. The Morgan fingerprint density at radius 1 is 1.42 bits per heavy atom. The van der Waals surface area contributed by atoms with E-state index in [2.05, 4.69) is 25.8 Å². The maximum Gasteiger partial charge on any atom is 0.136 e. The molecule has 1 aliphatic rings. The summed E-state index contributed by atoms with van der Waals surface area (Å²) >= 11 is 0. The first kappa shape index (κ1) is 14.0. The quantitative estimate of drug-likeness (QED) is 0.907. The Morgan fingerprint density at radius 2 is 2.16 bits per heavy atom. The molecule has 0 aliphatic heterocycles. The first-order chi connectivity index (χ1) is 8.88. The molecular formula is C16H24N2O. The SMILES string of the molecule is CC1CCC(C(C)(C)Cc2ccnc(N)c2)C(=O)C1. The molecule has 0 aromatic carbocycles. The largest absolute Gasteiger partial charge is 0.384 e. The molecule has 2 N–H and O–H groups in total. The van der Waals surface area contributed by atoms with Crippen molar-refractivity contribution in [2.45, 2.75) is 46.5 Å². The van der Waals surface area contributed by atoms with E-state index < -0.39 is 0 Å². The number of pyridine rings is 1. The summed E-state index contributed by atoms with van der Waals surface area (Å²) in [5, 5.41) is 0. The molecule has 0 spiro atoms. The number of nitrogens with two attached hydrogens (primary N) is 1. The number of hydrogen-bond donors (Lipinski definition) is 1. The number of carbonyl (C=O) groups is 1. The molecule has 3 heteroatoms. The highest BCUT2D eigenvalue weighted by Crippen LogP contribution is 2.40. The summed E-state index contributed by atoms with van der Waals surface area (Å²) in [6.45, 7) is 6.56. The molecule has 0 amide bonds. The second kappa shape index (κ2) is 5.32. The van der Waals surface area contributed by atoms with Crippen molar-refractivity contribution in [2.75, 3.05) is 5.73 Å². The first-order valence-corrected chi connectivity index (χ1v) is 7.11. The van der Waals surface area contributed by atoms with Gasteiger partial charge in [-0.3, -0.25) is 4.79 Å². The van der Waals surface area contributed by atoms with Crippen LogP contribution in [-0.2, 0) is 11.2 Å². The second-order valence-electron chi connectivity index (χ2n) is 6.66. The number of nitrogen functional groups attached to an aromatic ring is 1. The predicted molar refractivity (Wildman–Crippen MR) is 77.6 cm³/mol. The Morgan fingerprint density at radius 3 is 2.79 bits per heavy atom. The van der Waals surface area contributed by atoms with Crippen molar-refractivity contribution in [3.8, 4) is 0 Å². The van der Waals surface area contributed by atoms with Crippen LogP contribution >= 0.6 is 0 Å². The molecule has 2 unspecified atom stereocenters. The highest BCUT2D eigenvalue weighted by atomic mass is 16.1. The van der Waals surface area contributed by atoms with Gasteiger partial charge in [-0.15, -0.1) is 0 Å². The van der Waals surface area contributed by atoms with E-state index in [0.717, 1.165) is 19.3 Å². The van der Waals surface area contributed by atoms with Gasteiger partial charge in [0.05, 0.1) is 0 Å². The number of rotatable bonds is 3. The summed E-state index contributed by atoms with van der Waals surface area (Å²) in [4.78, 5) is 16.3. The van der Waals surface area contributed by atoms with Gasteiger partial charge in [0.1, 0.15) is 11.6 Å². The maximum atomic E-state index is 12.3. The van der Waals surface area contributed by atoms with Gasteiger partial charge in [0.25, 0.3) is 0 Å². The fraction of sp³-hybridized carbons (Fsp3) is 0.625. The van der Waals surface area contributed by atoms with Gasteiger partial charge in [-0.25, -0.2) is 4.98 Å². The smallest absolute Gasteiger partial charge is 0.136 e. The van der Waals surface area contributed by atoms with E-state index >= 15 is 0 Å². The number of aromatic nitrogens is 1. The van der Waals surface area contributed by atoms with E-state index in [1.165, 1.54) is 12.0 Å². The molecule has 1 fully saturated rings. The van der Waals surface area contributed by atoms with Gasteiger partial charge in [0, 0.05) is 18.5 Å². The molecule has 0 saturated heterocycles. The molecule has 1 aromatic heterocycles. The molecule has 0 radical (unpaired) electrons. The van der Waals surface area contributed by atoms with Crippen molar-refractivity contribution in [3.63, 3.8) is 0 Å². The Labute approximate surface area is 115 Å². The topological polar surface area (TPSA) is 56.0 Å². The van der Waals surface area contributed by atoms with Crippen LogP contribution in [0.4, 0.5) is 5.82 Å². The number of anilines is 1. The van der Waals surface area contributed by atoms with Crippen LogP contribution in [0.2, 0.25) is 0 Å². The third-order valence-electron chi connectivity index (χ3n) is 4.34. The van der Waals surface area contributed by atoms with Crippen molar-refractivity contribution < 1.29 is 4.79 Å². The Kier molecular flexibility index (Phi) is 3.93. The molecule has 104 valence electrons. The lowest BCUT2D eigenvalue weighted by atomic mass is 9.66. The van der Waals surface area contributed by atoms with E-state index in [4.69, 9.17) is 5.73 Å². The molecule has 19 heavy (non-hydrogen) atoms. The van der Waals surface area contributed by atoms with Crippen molar-refractivity contribution in [2.24, 2.45) is 17.3 Å². The van der Waals surface area contributed by atoms with Crippen LogP contribution in [0, 0.1) is 17.3 Å². The molecule has 1 heterocycles. The molecule has 3 nitrogen and oxygen atoms in total. The lowest BCUT2D eigenvalue weighted by molar-refractivity contribution is -0.129. The number of nitrogens with zero attached hydrogens (tertiary/aromatic N) is 1. The minimum absolute atomic E-state index is 0.00891. The Balaban J connectivity index is 2.11. The molecule has 1 aromatic rings. The molecular weight excluding hydrogens is 236 g/mol. The lowest BCUT2D eigenvalue weighted by Crippen LogP contribution is -2.36. The highest BCUT2D eigenvalue weighted by molar-refractivity contribution is 5.82. The van der Waals surface area contributed by atoms with Crippen LogP contribution in [0.5, 0.6) is 0 Å². The minimum atomic E-state index is -0.00891. The van der Waals surface area contributed by atoms with Gasteiger partial charge in [-0.05, 0) is 48.3 Å². The summed E-state index contributed by atoms with van der Waals surface area (Å²) in [6.07, 6.45) is 5.55. The third kappa shape index (κ3) is 3.34. The van der Waals surface area contributed by atoms with Gasteiger partial charge in [-0.2, -0.15) is 0 Å². The molecule has 1 saturated carbocycles. The summed E-state index contributed by atoms with van der Waals surface area (Å²) in [7, 11) is 0. The zero-order valence-corrected chi connectivity index (χ0v) is 12.1. The van der Waals surface area contributed by atoms with Crippen LogP contribution in [0.15, 0.2) is 18.3 Å². The van der Waals surface area contributed by atoms with Crippen LogP contribution in [0.1, 0.15) is 45.6 Å². The maximum absolute atomic E-state index is 12.3. The molecule has 0 bridgehead atoms. The van der Waals surface area contributed by atoms with Gasteiger partial charge in [-0.1, -0.05) is 20.8 Å². The fourth-order valence-electron chi connectivity index (χ4n) is 3.28. The van der Waals surface area contributed by atoms with Crippen molar-refractivity contribution in [3.05, 3.63) is 23.9 Å². The average molecular weight is 260 g/mol. The summed E-state index contributed by atoms with van der Waals surface area (Å²) in [5.41, 5.74) is 6.88. The van der Waals surface area contributed by atoms with Crippen molar-refractivity contribution in [1.82, 2.24) is 4.98 Å². The monoisotopic (exact) mass is 260 g/mol. The highest BCUT2D eigenvalue weighted by Gasteiger charge is 2.37. The van der Waals surface area contributed by atoms with Gasteiger partial charge >= 0.3 is 0 Å². The van der Waals surface area contributed by atoms with Gasteiger partial charge in [0.2, 0.25) is 0 Å². The van der Waals surface area contributed by atoms with Gasteiger partial charge in [0.15, 0.2) is 0 Å². The van der Waals surface area contributed by atoms with Crippen LogP contribution in [0.3, 0.4) is 0 Å².